The number of hydrogen-bond donors (Lipinski definition) is 0. The molecule has 0 aromatic heterocycles. The molecule has 0 amide bonds. The molecule has 108 valence electrons. The van der Waals surface area contributed by atoms with E-state index in [0.29, 0.717) is 12.8 Å². The molecule has 0 atom stereocenters. The van der Waals surface area contributed by atoms with E-state index in [1.807, 2.05) is 32.9 Å². The van der Waals surface area contributed by atoms with E-state index in [9.17, 15) is 9.59 Å². The van der Waals surface area contributed by atoms with Crippen molar-refractivity contribution in [3.63, 3.8) is 0 Å². The summed E-state index contributed by atoms with van der Waals surface area (Å²) >= 11 is 0. The molecule has 1 aromatic rings. The van der Waals surface area contributed by atoms with Crippen LogP contribution in [0.4, 0.5) is 0 Å². The van der Waals surface area contributed by atoms with Crippen LogP contribution in [0.2, 0.25) is 0 Å². The lowest BCUT2D eigenvalue weighted by Crippen LogP contribution is -2.41. The zero-order valence-electron chi connectivity index (χ0n) is 12.7. The maximum Gasteiger partial charge on any atom is 0.303 e. The van der Waals surface area contributed by atoms with Gasteiger partial charge in [-0.3, -0.25) is 9.59 Å². The van der Waals surface area contributed by atoms with Gasteiger partial charge in [0.15, 0.2) is 5.60 Å². The van der Waals surface area contributed by atoms with Crippen molar-refractivity contribution in [2.24, 2.45) is 0 Å². The van der Waals surface area contributed by atoms with Crippen LogP contribution in [0.5, 0.6) is 0 Å². The highest BCUT2D eigenvalue weighted by molar-refractivity contribution is 6.05. The summed E-state index contributed by atoms with van der Waals surface area (Å²) in [7, 11) is 0. The molecule has 1 saturated carbocycles. The maximum atomic E-state index is 13.0. The van der Waals surface area contributed by atoms with Crippen LogP contribution in [0, 0.1) is 20.8 Å². The van der Waals surface area contributed by atoms with Gasteiger partial charge in [0.2, 0.25) is 5.78 Å². The Morgan fingerprint density at radius 2 is 1.55 bits per heavy atom. The smallest absolute Gasteiger partial charge is 0.303 e. The Bertz CT molecular complexity index is 528. The number of hydrogen-bond acceptors (Lipinski definition) is 3. The van der Waals surface area contributed by atoms with Gasteiger partial charge in [-0.1, -0.05) is 17.7 Å². The third-order valence-corrected chi connectivity index (χ3v) is 4.07. The molecule has 1 aromatic carbocycles. The minimum absolute atomic E-state index is 0.0276. The molecule has 3 heteroatoms. The van der Waals surface area contributed by atoms with Gasteiger partial charge in [-0.15, -0.1) is 0 Å². The number of esters is 1. The molecule has 1 fully saturated rings. The first-order valence-corrected chi connectivity index (χ1v) is 7.18. The fraction of sp³-hybridized carbons (Fsp3) is 0.529. The van der Waals surface area contributed by atoms with Crippen molar-refractivity contribution in [3.8, 4) is 0 Å². The van der Waals surface area contributed by atoms with Crippen molar-refractivity contribution in [1.29, 1.82) is 0 Å². The summed E-state index contributed by atoms with van der Waals surface area (Å²) in [6, 6.07) is 4.02. The molecule has 0 N–H and O–H groups in total. The van der Waals surface area contributed by atoms with Gasteiger partial charge >= 0.3 is 5.97 Å². The number of aryl methyl sites for hydroxylation is 3. The van der Waals surface area contributed by atoms with Crippen molar-refractivity contribution < 1.29 is 14.3 Å². The SMILES string of the molecule is CC(=O)OC1(C(=O)c2c(C)cc(C)cc2C)CCCC1. The summed E-state index contributed by atoms with van der Waals surface area (Å²) < 4.78 is 5.47. The van der Waals surface area contributed by atoms with Crippen LogP contribution < -0.4 is 0 Å². The molecular formula is C17H22O3. The minimum Gasteiger partial charge on any atom is -0.451 e. The van der Waals surface area contributed by atoms with E-state index in [2.05, 4.69) is 0 Å². The standard InChI is InChI=1S/C17H22O3/c1-11-9-12(2)15(13(3)10-11)16(19)17(20-14(4)18)7-5-6-8-17/h9-10H,5-8H2,1-4H3. The third kappa shape index (κ3) is 2.62. The van der Waals surface area contributed by atoms with Crippen LogP contribution in [0.3, 0.4) is 0 Å². The highest BCUT2D eigenvalue weighted by Crippen LogP contribution is 2.37. The van der Waals surface area contributed by atoms with Crippen LogP contribution in [0.1, 0.15) is 59.7 Å². The van der Waals surface area contributed by atoms with E-state index >= 15 is 0 Å². The van der Waals surface area contributed by atoms with E-state index in [4.69, 9.17) is 4.74 Å². The lowest BCUT2D eigenvalue weighted by atomic mass is 9.86. The van der Waals surface area contributed by atoms with Gasteiger partial charge in [-0.05, 0) is 57.6 Å². The van der Waals surface area contributed by atoms with Gasteiger partial charge in [0, 0.05) is 12.5 Å². The van der Waals surface area contributed by atoms with E-state index in [0.717, 1.165) is 35.1 Å². The first kappa shape index (κ1) is 14.8. The Labute approximate surface area is 120 Å². The summed E-state index contributed by atoms with van der Waals surface area (Å²) in [5, 5.41) is 0. The molecule has 0 spiro atoms. The Morgan fingerprint density at radius 3 is 2.00 bits per heavy atom. The van der Waals surface area contributed by atoms with Crippen molar-refractivity contribution in [3.05, 3.63) is 34.4 Å². The van der Waals surface area contributed by atoms with Crippen LogP contribution in [-0.4, -0.2) is 17.4 Å². The van der Waals surface area contributed by atoms with Crippen LogP contribution >= 0.6 is 0 Å². The number of rotatable bonds is 3. The molecule has 0 unspecified atom stereocenters. The average molecular weight is 274 g/mol. The molecule has 0 bridgehead atoms. The van der Waals surface area contributed by atoms with Gasteiger partial charge in [-0.2, -0.15) is 0 Å². The summed E-state index contributed by atoms with van der Waals surface area (Å²) in [6.07, 6.45) is 3.14. The summed E-state index contributed by atoms with van der Waals surface area (Å²) in [4.78, 5) is 24.4. The monoisotopic (exact) mass is 274 g/mol. The van der Waals surface area contributed by atoms with Crippen LogP contribution in [0.15, 0.2) is 12.1 Å². The van der Waals surface area contributed by atoms with Gasteiger partial charge in [0.05, 0.1) is 0 Å². The number of benzene rings is 1. The fourth-order valence-corrected chi connectivity index (χ4v) is 3.36. The highest BCUT2D eigenvalue weighted by Gasteiger charge is 2.45. The maximum absolute atomic E-state index is 13.0. The number of ketones is 1. The lowest BCUT2D eigenvalue weighted by molar-refractivity contribution is -0.152. The predicted molar refractivity (Wildman–Crippen MR) is 77.9 cm³/mol. The Morgan fingerprint density at radius 1 is 1.05 bits per heavy atom. The van der Waals surface area contributed by atoms with E-state index in [1.165, 1.54) is 6.92 Å². The second-order valence-corrected chi connectivity index (χ2v) is 5.90. The molecule has 0 saturated heterocycles. The minimum atomic E-state index is -0.934. The topological polar surface area (TPSA) is 43.4 Å². The second-order valence-electron chi connectivity index (χ2n) is 5.90. The molecule has 0 aliphatic heterocycles. The van der Waals surface area contributed by atoms with Crippen LogP contribution in [0.25, 0.3) is 0 Å². The summed E-state index contributed by atoms with van der Waals surface area (Å²) in [5.74, 6) is -0.400. The van der Waals surface area contributed by atoms with Gasteiger partial charge in [0.25, 0.3) is 0 Å². The average Bonchev–Trinajstić information content (AvgIpc) is 2.76. The largest absolute Gasteiger partial charge is 0.451 e. The molecule has 1 aliphatic rings. The van der Waals surface area contributed by atoms with E-state index in [-0.39, 0.29) is 11.8 Å². The molecule has 2 rings (SSSR count). The first-order valence-electron chi connectivity index (χ1n) is 7.18. The van der Waals surface area contributed by atoms with Gasteiger partial charge < -0.3 is 4.74 Å². The van der Waals surface area contributed by atoms with Crippen molar-refractivity contribution in [2.75, 3.05) is 0 Å². The van der Waals surface area contributed by atoms with Gasteiger partial charge in [-0.25, -0.2) is 0 Å². The van der Waals surface area contributed by atoms with Crippen molar-refractivity contribution in [1.82, 2.24) is 0 Å². The van der Waals surface area contributed by atoms with Gasteiger partial charge in [0.1, 0.15) is 0 Å². The first-order chi connectivity index (χ1) is 9.35. The van der Waals surface area contributed by atoms with Crippen LogP contribution in [-0.2, 0) is 9.53 Å². The zero-order chi connectivity index (χ0) is 14.9. The normalized spacial score (nSPS) is 17.0. The Balaban J connectivity index is 2.46. The summed E-state index contributed by atoms with van der Waals surface area (Å²) in [5.41, 5.74) is 2.86. The molecule has 0 heterocycles. The number of carbonyl (C=O) groups excluding carboxylic acids is 2. The Kier molecular flexibility index (Phi) is 3.98. The van der Waals surface area contributed by atoms with Crippen molar-refractivity contribution in [2.45, 2.75) is 59.0 Å². The summed E-state index contributed by atoms with van der Waals surface area (Å²) in [6.45, 7) is 7.29. The molecular weight excluding hydrogens is 252 g/mol. The quantitative estimate of drug-likeness (QED) is 0.624. The van der Waals surface area contributed by atoms with E-state index < -0.39 is 5.60 Å². The van der Waals surface area contributed by atoms with E-state index in [1.54, 1.807) is 0 Å². The number of Topliss-reactive ketones (excluding diaryl/α,β-unsaturated/α-hetero) is 1. The van der Waals surface area contributed by atoms with Crippen molar-refractivity contribution >= 4 is 11.8 Å². The number of carbonyl (C=O) groups is 2. The molecule has 0 radical (unpaired) electrons. The lowest BCUT2D eigenvalue weighted by Gasteiger charge is -2.28. The molecule has 1 aliphatic carbocycles. The zero-order valence-corrected chi connectivity index (χ0v) is 12.7. The Hall–Kier alpha value is -1.64. The molecule has 20 heavy (non-hydrogen) atoms. The predicted octanol–water partition coefficient (Wildman–Crippen LogP) is 3.67. The third-order valence-electron chi connectivity index (χ3n) is 4.07. The fourth-order valence-electron chi connectivity index (χ4n) is 3.36. The highest BCUT2D eigenvalue weighted by atomic mass is 16.6. The number of ether oxygens (including phenoxy) is 1. The second kappa shape index (κ2) is 5.39. The molecule has 3 nitrogen and oxygen atoms in total.